The summed E-state index contributed by atoms with van der Waals surface area (Å²) in [4.78, 5) is 0. The van der Waals surface area contributed by atoms with E-state index in [4.69, 9.17) is 5.73 Å². The Labute approximate surface area is 90.0 Å². The predicted molar refractivity (Wildman–Crippen MR) is 56.9 cm³/mol. The van der Waals surface area contributed by atoms with Gasteiger partial charge in [-0.15, -0.1) is 5.10 Å². The van der Waals surface area contributed by atoms with E-state index in [2.05, 4.69) is 22.4 Å². The highest BCUT2D eigenvalue weighted by Crippen LogP contribution is 2.32. The zero-order chi connectivity index (χ0) is 10.8. The number of hydrogen-bond acceptors (Lipinski definition) is 4. The van der Waals surface area contributed by atoms with Crippen LogP contribution in [-0.4, -0.2) is 20.2 Å². The smallest absolute Gasteiger partial charge is 0.167 e. The van der Waals surface area contributed by atoms with Crippen LogP contribution in [0.3, 0.4) is 0 Å². The van der Waals surface area contributed by atoms with Crippen LogP contribution in [0.5, 0.6) is 0 Å². The summed E-state index contributed by atoms with van der Waals surface area (Å²) in [7, 11) is 0. The quantitative estimate of drug-likeness (QED) is 0.810. The minimum absolute atomic E-state index is 0.0864. The molecular formula is C10H19N5. The molecule has 84 valence electrons. The highest BCUT2D eigenvalue weighted by atomic mass is 15.5. The fourth-order valence-electron chi connectivity index (χ4n) is 2.38. The van der Waals surface area contributed by atoms with Crippen LogP contribution in [0.25, 0.3) is 0 Å². The molecule has 0 amide bonds. The minimum Gasteiger partial charge on any atom is -0.322 e. The summed E-state index contributed by atoms with van der Waals surface area (Å²) >= 11 is 0. The Morgan fingerprint density at radius 2 is 2.33 bits per heavy atom. The Morgan fingerprint density at radius 1 is 1.53 bits per heavy atom. The van der Waals surface area contributed by atoms with Gasteiger partial charge in [-0.25, -0.2) is 4.68 Å². The highest BCUT2D eigenvalue weighted by molar-refractivity contribution is 4.88. The van der Waals surface area contributed by atoms with Crippen molar-refractivity contribution in [3.8, 4) is 0 Å². The van der Waals surface area contributed by atoms with E-state index in [1.807, 2.05) is 11.6 Å². The molecule has 1 heterocycles. The molecule has 0 spiro atoms. The standard InChI is InChI=1S/C10H19N5/c1-7-4-3-5-9(7)6-15-10(8(2)11)12-13-14-15/h7-9H,3-6,11H2,1-2H3. The number of nitrogens with zero attached hydrogens (tertiary/aromatic N) is 4. The monoisotopic (exact) mass is 209 g/mol. The van der Waals surface area contributed by atoms with Gasteiger partial charge in [0.15, 0.2) is 5.82 Å². The zero-order valence-corrected chi connectivity index (χ0v) is 9.43. The molecule has 1 fully saturated rings. The SMILES string of the molecule is CC(N)c1nnnn1CC1CCCC1C. The van der Waals surface area contributed by atoms with Gasteiger partial charge in [0, 0.05) is 6.54 Å². The van der Waals surface area contributed by atoms with Crippen molar-refractivity contribution in [3.05, 3.63) is 5.82 Å². The van der Waals surface area contributed by atoms with Crippen molar-refractivity contribution in [2.24, 2.45) is 17.6 Å². The van der Waals surface area contributed by atoms with Crippen molar-refractivity contribution >= 4 is 0 Å². The first-order chi connectivity index (χ1) is 7.18. The minimum atomic E-state index is -0.0864. The summed E-state index contributed by atoms with van der Waals surface area (Å²) in [6, 6.07) is -0.0864. The summed E-state index contributed by atoms with van der Waals surface area (Å²) in [5, 5.41) is 11.7. The van der Waals surface area contributed by atoms with Gasteiger partial charge in [-0.05, 0) is 35.6 Å². The molecule has 15 heavy (non-hydrogen) atoms. The largest absolute Gasteiger partial charge is 0.322 e. The van der Waals surface area contributed by atoms with Crippen LogP contribution in [0.4, 0.5) is 0 Å². The maximum Gasteiger partial charge on any atom is 0.167 e. The first-order valence-corrected chi connectivity index (χ1v) is 5.70. The molecule has 2 N–H and O–H groups in total. The summed E-state index contributed by atoms with van der Waals surface area (Å²) < 4.78 is 1.87. The Bertz CT molecular complexity index is 319. The number of tetrazole rings is 1. The van der Waals surface area contributed by atoms with Crippen LogP contribution in [0.1, 0.15) is 45.0 Å². The van der Waals surface area contributed by atoms with E-state index in [9.17, 15) is 0 Å². The lowest BCUT2D eigenvalue weighted by molar-refractivity contribution is 0.335. The molecule has 1 aliphatic rings. The van der Waals surface area contributed by atoms with Crippen LogP contribution in [-0.2, 0) is 6.54 Å². The lowest BCUT2D eigenvalue weighted by Crippen LogP contribution is -2.20. The van der Waals surface area contributed by atoms with Crippen molar-refractivity contribution < 1.29 is 0 Å². The molecule has 0 radical (unpaired) electrons. The summed E-state index contributed by atoms with van der Waals surface area (Å²) in [6.45, 7) is 5.15. The maximum atomic E-state index is 5.80. The molecule has 0 bridgehead atoms. The zero-order valence-electron chi connectivity index (χ0n) is 9.43. The summed E-state index contributed by atoms with van der Waals surface area (Å²) in [5.41, 5.74) is 5.80. The van der Waals surface area contributed by atoms with Crippen LogP contribution in [0, 0.1) is 11.8 Å². The van der Waals surface area contributed by atoms with Gasteiger partial charge in [0.25, 0.3) is 0 Å². The molecule has 0 saturated heterocycles. The van der Waals surface area contributed by atoms with E-state index in [1.165, 1.54) is 19.3 Å². The molecule has 1 aliphatic carbocycles. The molecule has 5 heteroatoms. The van der Waals surface area contributed by atoms with Crippen molar-refractivity contribution in [3.63, 3.8) is 0 Å². The van der Waals surface area contributed by atoms with Gasteiger partial charge < -0.3 is 5.73 Å². The molecule has 3 atom stereocenters. The molecule has 0 aromatic carbocycles. The van der Waals surface area contributed by atoms with Crippen molar-refractivity contribution in [1.29, 1.82) is 0 Å². The van der Waals surface area contributed by atoms with Crippen LogP contribution in [0.15, 0.2) is 0 Å². The lowest BCUT2D eigenvalue weighted by Gasteiger charge is -2.16. The van der Waals surface area contributed by atoms with Gasteiger partial charge in [-0.1, -0.05) is 19.8 Å². The molecule has 1 saturated carbocycles. The van der Waals surface area contributed by atoms with Crippen LogP contribution in [0.2, 0.25) is 0 Å². The second-order valence-electron chi connectivity index (χ2n) is 4.68. The molecule has 0 aliphatic heterocycles. The number of hydrogen-bond donors (Lipinski definition) is 1. The molecule has 3 unspecified atom stereocenters. The Balaban J connectivity index is 2.06. The first kappa shape index (κ1) is 10.5. The van der Waals surface area contributed by atoms with Gasteiger partial charge in [0.2, 0.25) is 0 Å². The summed E-state index contributed by atoms with van der Waals surface area (Å²) in [5.74, 6) is 2.30. The first-order valence-electron chi connectivity index (χ1n) is 5.70. The van der Waals surface area contributed by atoms with E-state index in [0.717, 1.165) is 18.3 Å². The third kappa shape index (κ3) is 2.17. The Kier molecular flexibility index (Phi) is 3.00. The van der Waals surface area contributed by atoms with Gasteiger partial charge in [0.05, 0.1) is 6.04 Å². The van der Waals surface area contributed by atoms with Gasteiger partial charge in [-0.3, -0.25) is 0 Å². The highest BCUT2D eigenvalue weighted by Gasteiger charge is 2.25. The van der Waals surface area contributed by atoms with Gasteiger partial charge >= 0.3 is 0 Å². The van der Waals surface area contributed by atoms with E-state index < -0.39 is 0 Å². The molecule has 1 aromatic rings. The normalized spacial score (nSPS) is 28.2. The Hall–Kier alpha value is -0.970. The van der Waals surface area contributed by atoms with E-state index in [1.54, 1.807) is 0 Å². The van der Waals surface area contributed by atoms with Crippen molar-refractivity contribution in [1.82, 2.24) is 20.2 Å². The van der Waals surface area contributed by atoms with Crippen LogP contribution < -0.4 is 5.73 Å². The molecule has 2 rings (SSSR count). The fourth-order valence-corrected chi connectivity index (χ4v) is 2.38. The third-order valence-corrected chi connectivity index (χ3v) is 3.41. The molecule has 5 nitrogen and oxygen atoms in total. The maximum absolute atomic E-state index is 5.80. The molecule has 1 aromatic heterocycles. The second kappa shape index (κ2) is 4.26. The number of rotatable bonds is 3. The van der Waals surface area contributed by atoms with E-state index in [0.29, 0.717) is 5.92 Å². The van der Waals surface area contributed by atoms with Crippen molar-refractivity contribution in [2.75, 3.05) is 0 Å². The van der Waals surface area contributed by atoms with E-state index in [-0.39, 0.29) is 6.04 Å². The average Bonchev–Trinajstić information content (AvgIpc) is 2.77. The number of aromatic nitrogens is 4. The lowest BCUT2D eigenvalue weighted by atomic mass is 9.98. The predicted octanol–water partition coefficient (Wildman–Crippen LogP) is 1.13. The van der Waals surface area contributed by atoms with E-state index >= 15 is 0 Å². The topological polar surface area (TPSA) is 69.6 Å². The van der Waals surface area contributed by atoms with Crippen molar-refractivity contribution in [2.45, 2.75) is 45.7 Å². The average molecular weight is 209 g/mol. The summed E-state index contributed by atoms with van der Waals surface area (Å²) in [6.07, 6.45) is 3.96. The fraction of sp³-hybridized carbons (Fsp3) is 0.900. The second-order valence-corrected chi connectivity index (χ2v) is 4.68. The van der Waals surface area contributed by atoms with Gasteiger partial charge in [0.1, 0.15) is 0 Å². The third-order valence-electron chi connectivity index (χ3n) is 3.41. The van der Waals surface area contributed by atoms with Crippen LogP contribution >= 0.6 is 0 Å². The number of nitrogens with two attached hydrogens (primary N) is 1. The van der Waals surface area contributed by atoms with Gasteiger partial charge in [-0.2, -0.15) is 0 Å². The molecular weight excluding hydrogens is 190 g/mol. The Morgan fingerprint density at radius 3 is 2.93 bits per heavy atom.